The number of rotatable bonds is 7. The van der Waals surface area contributed by atoms with Crippen molar-refractivity contribution >= 4 is 29.1 Å². The number of hydrogen-bond donors (Lipinski definition) is 3. The number of hydrogen-bond acceptors (Lipinski definition) is 4. The molecule has 0 atom stereocenters. The molecule has 0 bridgehead atoms. The Morgan fingerprint density at radius 1 is 0.893 bits per heavy atom. The Bertz CT molecular complexity index is 846. The zero-order chi connectivity index (χ0) is 20.4. The fraction of sp³-hybridized carbons (Fsp3) is 0.238. The van der Waals surface area contributed by atoms with Crippen LogP contribution in [0.3, 0.4) is 0 Å². The molecule has 3 N–H and O–H groups in total. The van der Waals surface area contributed by atoms with Crippen LogP contribution in [-0.4, -0.2) is 23.4 Å². The van der Waals surface area contributed by atoms with Gasteiger partial charge in [-0.1, -0.05) is 49.4 Å². The molecular weight excluding hydrogens is 356 g/mol. The lowest BCUT2D eigenvalue weighted by atomic mass is 10.1. The third-order valence-corrected chi connectivity index (χ3v) is 3.92. The summed E-state index contributed by atoms with van der Waals surface area (Å²) in [6, 6.07) is 16.7. The van der Waals surface area contributed by atoms with Crippen LogP contribution in [0.5, 0.6) is 0 Å². The van der Waals surface area contributed by atoms with Gasteiger partial charge in [-0.25, -0.2) is 5.43 Å². The Morgan fingerprint density at radius 3 is 2.21 bits per heavy atom. The third kappa shape index (κ3) is 7.03. The van der Waals surface area contributed by atoms with E-state index in [-0.39, 0.29) is 12.3 Å². The smallest absolute Gasteiger partial charge is 0.329 e. The summed E-state index contributed by atoms with van der Waals surface area (Å²) < 4.78 is 0. The third-order valence-electron chi connectivity index (χ3n) is 3.92. The highest BCUT2D eigenvalue weighted by Crippen LogP contribution is 2.09. The van der Waals surface area contributed by atoms with E-state index < -0.39 is 11.8 Å². The summed E-state index contributed by atoms with van der Waals surface area (Å²) in [7, 11) is 0. The number of amides is 3. The van der Waals surface area contributed by atoms with Crippen LogP contribution in [0.1, 0.15) is 31.4 Å². The Balaban J connectivity index is 1.76. The molecule has 0 aliphatic carbocycles. The van der Waals surface area contributed by atoms with Crippen molar-refractivity contribution in [3.8, 4) is 0 Å². The maximum Gasteiger partial charge on any atom is 0.329 e. The molecular formula is C21H24N4O3. The van der Waals surface area contributed by atoms with Crippen LogP contribution in [0.2, 0.25) is 0 Å². The molecule has 3 amide bonds. The van der Waals surface area contributed by atoms with E-state index in [1.165, 1.54) is 0 Å². The topological polar surface area (TPSA) is 99.7 Å². The summed E-state index contributed by atoms with van der Waals surface area (Å²) in [4.78, 5) is 35.6. The van der Waals surface area contributed by atoms with Gasteiger partial charge in [-0.05, 0) is 36.6 Å². The fourth-order valence-corrected chi connectivity index (χ4v) is 2.34. The van der Waals surface area contributed by atoms with Crippen molar-refractivity contribution in [2.45, 2.75) is 33.2 Å². The van der Waals surface area contributed by atoms with Crippen molar-refractivity contribution in [1.82, 2.24) is 10.7 Å². The number of nitrogens with zero attached hydrogens (tertiary/aromatic N) is 1. The van der Waals surface area contributed by atoms with E-state index >= 15 is 0 Å². The van der Waals surface area contributed by atoms with E-state index in [1.54, 1.807) is 19.1 Å². The van der Waals surface area contributed by atoms with Crippen LogP contribution >= 0.6 is 0 Å². The van der Waals surface area contributed by atoms with E-state index in [4.69, 9.17) is 0 Å². The second-order valence-electron chi connectivity index (χ2n) is 6.23. The molecule has 0 saturated carbocycles. The van der Waals surface area contributed by atoms with E-state index in [0.717, 1.165) is 17.5 Å². The average Bonchev–Trinajstić information content (AvgIpc) is 2.71. The molecule has 0 radical (unpaired) electrons. The number of carbonyl (C=O) groups excluding carboxylic acids is 3. The fourth-order valence-electron chi connectivity index (χ4n) is 2.34. The first-order valence-electron chi connectivity index (χ1n) is 9.02. The number of benzene rings is 2. The summed E-state index contributed by atoms with van der Waals surface area (Å²) in [5.74, 6) is -1.95. The Kier molecular flexibility index (Phi) is 7.90. The first-order chi connectivity index (χ1) is 13.5. The minimum absolute atomic E-state index is 0.0210. The van der Waals surface area contributed by atoms with Crippen molar-refractivity contribution in [3.05, 3.63) is 65.7 Å². The van der Waals surface area contributed by atoms with Crippen molar-refractivity contribution in [1.29, 1.82) is 0 Å². The highest BCUT2D eigenvalue weighted by atomic mass is 16.2. The zero-order valence-corrected chi connectivity index (χ0v) is 16.0. The quantitative estimate of drug-likeness (QED) is 0.391. The average molecular weight is 380 g/mol. The summed E-state index contributed by atoms with van der Waals surface area (Å²) in [5, 5.41) is 9.07. The molecule has 146 valence electrons. The Hall–Kier alpha value is -3.48. The van der Waals surface area contributed by atoms with E-state index in [2.05, 4.69) is 21.2 Å². The number of aryl methyl sites for hydroxylation is 1. The van der Waals surface area contributed by atoms with Crippen LogP contribution in [0.15, 0.2) is 59.7 Å². The lowest BCUT2D eigenvalue weighted by molar-refractivity contribution is -0.136. The molecule has 2 aromatic rings. The first kappa shape index (κ1) is 20.8. The van der Waals surface area contributed by atoms with Crippen molar-refractivity contribution in [2.24, 2.45) is 5.10 Å². The molecule has 0 spiro atoms. The van der Waals surface area contributed by atoms with Gasteiger partial charge in [0.2, 0.25) is 5.91 Å². The van der Waals surface area contributed by atoms with Gasteiger partial charge >= 0.3 is 11.8 Å². The largest absolute Gasteiger partial charge is 0.352 e. The number of anilines is 1. The van der Waals surface area contributed by atoms with Gasteiger partial charge in [0.05, 0.1) is 6.42 Å². The van der Waals surface area contributed by atoms with Gasteiger partial charge in [0.1, 0.15) is 0 Å². The first-order valence-corrected chi connectivity index (χ1v) is 9.02. The molecule has 7 nitrogen and oxygen atoms in total. The second kappa shape index (κ2) is 10.6. The summed E-state index contributed by atoms with van der Waals surface area (Å²) >= 11 is 0. The molecule has 0 aliphatic heterocycles. The van der Waals surface area contributed by atoms with Gasteiger partial charge < -0.3 is 10.6 Å². The Morgan fingerprint density at radius 2 is 1.57 bits per heavy atom. The maximum absolute atomic E-state index is 11.9. The van der Waals surface area contributed by atoms with Gasteiger partial charge in [-0.2, -0.15) is 5.10 Å². The van der Waals surface area contributed by atoms with E-state index in [0.29, 0.717) is 17.9 Å². The van der Waals surface area contributed by atoms with Crippen LogP contribution in [0, 0.1) is 0 Å². The molecule has 2 aromatic carbocycles. The maximum atomic E-state index is 11.9. The molecule has 0 aliphatic rings. The SMILES string of the molecule is CCc1ccc(NC(=O)C(=O)N/N=C(/C)CC(=O)NCc2ccccc2)cc1. The van der Waals surface area contributed by atoms with Crippen LogP contribution in [0.4, 0.5) is 5.69 Å². The highest BCUT2D eigenvalue weighted by molar-refractivity contribution is 6.39. The number of hydrazone groups is 1. The predicted molar refractivity (Wildman–Crippen MR) is 109 cm³/mol. The van der Waals surface area contributed by atoms with Gasteiger partial charge in [0.25, 0.3) is 0 Å². The zero-order valence-electron chi connectivity index (χ0n) is 16.0. The van der Waals surface area contributed by atoms with Crippen LogP contribution in [0.25, 0.3) is 0 Å². The van der Waals surface area contributed by atoms with Crippen LogP contribution in [-0.2, 0) is 27.3 Å². The predicted octanol–water partition coefficient (Wildman–Crippen LogP) is 2.39. The van der Waals surface area contributed by atoms with Gasteiger partial charge in [-0.15, -0.1) is 0 Å². The molecule has 28 heavy (non-hydrogen) atoms. The second-order valence-corrected chi connectivity index (χ2v) is 6.23. The number of nitrogens with one attached hydrogen (secondary N) is 3. The van der Waals surface area contributed by atoms with Crippen molar-refractivity contribution < 1.29 is 14.4 Å². The molecule has 0 saturated heterocycles. The monoisotopic (exact) mass is 380 g/mol. The van der Waals surface area contributed by atoms with Crippen molar-refractivity contribution in [2.75, 3.05) is 5.32 Å². The summed E-state index contributed by atoms with van der Waals surface area (Å²) in [6.45, 7) is 4.05. The summed E-state index contributed by atoms with van der Waals surface area (Å²) in [6.07, 6.45) is 0.912. The van der Waals surface area contributed by atoms with E-state index in [1.807, 2.05) is 49.4 Å². The minimum atomic E-state index is -0.899. The standard InChI is InChI=1S/C21H24N4O3/c1-3-16-9-11-18(12-10-16)23-20(27)21(28)25-24-15(2)13-19(26)22-14-17-7-5-4-6-8-17/h4-12H,3,13-14H2,1-2H3,(H,22,26)(H,23,27)(H,25,28)/b24-15-. The van der Waals surface area contributed by atoms with Gasteiger partial charge in [0, 0.05) is 17.9 Å². The minimum Gasteiger partial charge on any atom is -0.352 e. The molecule has 0 unspecified atom stereocenters. The van der Waals surface area contributed by atoms with Gasteiger partial charge in [0.15, 0.2) is 0 Å². The van der Waals surface area contributed by atoms with Crippen molar-refractivity contribution in [3.63, 3.8) is 0 Å². The normalized spacial score (nSPS) is 10.9. The molecule has 0 fully saturated rings. The highest BCUT2D eigenvalue weighted by Gasteiger charge is 2.13. The summed E-state index contributed by atoms with van der Waals surface area (Å²) in [5.41, 5.74) is 5.20. The molecule has 2 rings (SSSR count). The number of carbonyl (C=O) groups is 3. The Labute approximate surface area is 164 Å². The molecule has 0 aromatic heterocycles. The lowest BCUT2D eigenvalue weighted by Gasteiger charge is -2.06. The molecule has 0 heterocycles. The van der Waals surface area contributed by atoms with Crippen LogP contribution < -0.4 is 16.1 Å². The lowest BCUT2D eigenvalue weighted by Crippen LogP contribution is -2.33. The molecule has 7 heteroatoms. The van der Waals surface area contributed by atoms with Gasteiger partial charge in [-0.3, -0.25) is 14.4 Å². The van der Waals surface area contributed by atoms with E-state index in [9.17, 15) is 14.4 Å².